The number of nitrogens with one attached hydrogen (secondary N) is 1. The van der Waals surface area contributed by atoms with Crippen molar-refractivity contribution in [2.24, 2.45) is 5.73 Å². The molecule has 2 aliphatic heterocycles. The number of nitrogens with two attached hydrogens (primary N) is 1. The van der Waals surface area contributed by atoms with Gasteiger partial charge in [0.05, 0.1) is 13.2 Å². The van der Waals surface area contributed by atoms with E-state index < -0.39 is 42.0 Å². The van der Waals surface area contributed by atoms with Gasteiger partial charge in [0, 0.05) is 6.42 Å². The Bertz CT molecular complexity index is 404. The normalized spacial score (nSPS) is 41.5. The number of amides is 1. The fourth-order valence-corrected chi connectivity index (χ4v) is 2.26. The van der Waals surface area contributed by atoms with E-state index in [1.807, 2.05) is 0 Å². The van der Waals surface area contributed by atoms with E-state index in [1.165, 1.54) is 0 Å². The van der Waals surface area contributed by atoms with Gasteiger partial charge in [-0.2, -0.15) is 0 Å². The number of aliphatic hydroxyl groups is 3. The zero-order chi connectivity index (χ0) is 14.9. The van der Waals surface area contributed by atoms with Crippen molar-refractivity contribution >= 4 is 11.9 Å². The number of carbonyl (C=O) groups excluding carboxylic acids is 2. The number of aliphatic hydroxyl groups excluding tert-OH is 3. The van der Waals surface area contributed by atoms with Crippen LogP contribution in [-0.2, 0) is 19.1 Å². The molecule has 0 saturated carbocycles. The average molecular weight is 290 g/mol. The van der Waals surface area contributed by atoms with E-state index in [0.717, 1.165) is 0 Å². The summed E-state index contributed by atoms with van der Waals surface area (Å²) in [5.41, 5.74) is 5.00. The number of rotatable bonds is 3. The van der Waals surface area contributed by atoms with E-state index in [4.69, 9.17) is 15.2 Å². The number of esters is 1. The third-order valence-corrected chi connectivity index (χ3v) is 3.50. The second-order valence-electron chi connectivity index (χ2n) is 4.99. The quantitative estimate of drug-likeness (QED) is 0.337. The van der Waals surface area contributed by atoms with E-state index in [0.29, 0.717) is 0 Å². The molecule has 2 aliphatic rings. The van der Waals surface area contributed by atoms with Gasteiger partial charge < -0.3 is 30.5 Å². The van der Waals surface area contributed by atoms with Gasteiger partial charge in [0.15, 0.2) is 0 Å². The minimum absolute atomic E-state index is 0.0184. The van der Waals surface area contributed by atoms with Crippen molar-refractivity contribution in [1.29, 1.82) is 0 Å². The fourth-order valence-electron chi connectivity index (χ4n) is 2.26. The second-order valence-corrected chi connectivity index (χ2v) is 4.99. The average Bonchev–Trinajstić information content (AvgIpc) is 2.40. The van der Waals surface area contributed by atoms with Gasteiger partial charge in [-0.1, -0.05) is 0 Å². The number of hydrogen-bond acceptors (Lipinski definition) is 8. The largest absolute Gasteiger partial charge is 0.427 e. The number of primary amides is 1. The smallest absolute Gasteiger partial charge is 0.325 e. The van der Waals surface area contributed by atoms with Crippen LogP contribution >= 0.6 is 0 Å². The molecular weight excluding hydrogens is 272 g/mol. The molecule has 5 atom stereocenters. The van der Waals surface area contributed by atoms with Gasteiger partial charge in [-0.25, -0.2) is 0 Å². The zero-order valence-corrected chi connectivity index (χ0v) is 10.7. The van der Waals surface area contributed by atoms with Gasteiger partial charge in [-0.05, 0) is 6.42 Å². The molecule has 0 aliphatic carbocycles. The lowest BCUT2D eigenvalue weighted by Crippen LogP contribution is -2.70. The lowest BCUT2D eigenvalue weighted by atomic mass is 9.94. The second kappa shape index (κ2) is 5.62. The molecule has 2 fully saturated rings. The Labute approximate surface area is 114 Å². The molecule has 0 aromatic carbocycles. The lowest BCUT2D eigenvalue weighted by Gasteiger charge is -2.47. The first-order chi connectivity index (χ1) is 9.35. The molecule has 9 nitrogen and oxygen atoms in total. The minimum Gasteiger partial charge on any atom is -0.427 e. The summed E-state index contributed by atoms with van der Waals surface area (Å²) in [6, 6.07) is -0.729. The maximum Gasteiger partial charge on any atom is 0.325 e. The third-order valence-electron chi connectivity index (χ3n) is 3.50. The van der Waals surface area contributed by atoms with Crippen molar-refractivity contribution in [1.82, 2.24) is 5.32 Å². The number of hydrogen-bond donors (Lipinski definition) is 5. The molecule has 1 amide bonds. The van der Waals surface area contributed by atoms with Gasteiger partial charge in [-0.3, -0.25) is 14.9 Å². The molecule has 0 bridgehead atoms. The number of morpholine rings is 1. The Balaban J connectivity index is 2.01. The van der Waals surface area contributed by atoms with E-state index in [2.05, 4.69) is 5.32 Å². The minimum atomic E-state index is -1.72. The van der Waals surface area contributed by atoms with Crippen molar-refractivity contribution in [3.63, 3.8) is 0 Å². The van der Waals surface area contributed by atoms with Crippen LogP contribution in [0.3, 0.4) is 0 Å². The molecule has 20 heavy (non-hydrogen) atoms. The van der Waals surface area contributed by atoms with E-state index in [-0.39, 0.29) is 26.0 Å². The Hall–Kier alpha value is -1.26. The SMILES string of the molecule is NC(=O)CC[C@@H]1NC[C@@]2(OC[C@@H](O)[C@@H](O)[C@@H]2O)OC1=O. The van der Waals surface area contributed by atoms with Crippen LogP contribution in [0.15, 0.2) is 0 Å². The highest BCUT2D eigenvalue weighted by atomic mass is 16.7. The maximum absolute atomic E-state index is 11.8. The Morgan fingerprint density at radius 3 is 2.75 bits per heavy atom. The number of carbonyl (C=O) groups is 2. The van der Waals surface area contributed by atoms with Gasteiger partial charge in [0.2, 0.25) is 5.91 Å². The first-order valence-electron chi connectivity index (χ1n) is 6.28. The van der Waals surface area contributed by atoms with Crippen LogP contribution in [0.25, 0.3) is 0 Å². The van der Waals surface area contributed by atoms with Crippen LogP contribution in [0, 0.1) is 0 Å². The molecule has 2 rings (SSSR count). The van der Waals surface area contributed by atoms with Crippen molar-refractivity contribution < 1.29 is 34.4 Å². The van der Waals surface area contributed by atoms with E-state index in [1.54, 1.807) is 0 Å². The molecule has 9 heteroatoms. The highest BCUT2D eigenvalue weighted by molar-refractivity contribution is 5.79. The first-order valence-corrected chi connectivity index (χ1v) is 6.28. The summed E-state index contributed by atoms with van der Waals surface area (Å²) >= 11 is 0. The van der Waals surface area contributed by atoms with Crippen molar-refractivity contribution in [3.05, 3.63) is 0 Å². The standard InChI is InChI=1S/C11H18N2O7/c12-7(15)2-1-5-10(18)20-11(4-13-5)9(17)8(16)6(14)3-19-11/h5-6,8-9,13-14,16-17H,1-4H2,(H2,12,15)/t5-,6+,8+,9-,11+/m0/s1. The summed E-state index contributed by atoms with van der Waals surface area (Å²) < 4.78 is 10.3. The monoisotopic (exact) mass is 290 g/mol. The Kier molecular flexibility index (Phi) is 4.25. The van der Waals surface area contributed by atoms with Gasteiger partial charge >= 0.3 is 5.97 Å². The molecule has 0 aromatic heterocycles. The van der Waals surface area contributed by atoms with E-state index in [9.17, 15) is 24.9 Å². The molecule has 114 valence electrons. The van der Waals surface area contributed by atoms with Crippen molar-refractivity contribution in [2.45, 2.75) is 43.0 Å². The highest BCUT2D eigenvalue weighted by Gasteiger charge is 2.55. The maximum atomic E-state index is 11.8. The Morgan fingerprint density at radius 1 is 1.45 bits per heavy atom. The predicted molar refractivity (Wildman–Crippen MR) is 63.0 cm³/mol. The summed E-state index contributed by atoms with van der Waals surface area (Å²) in [4.78, 5) is 22.5. The third kappa shape index (κ3) is 2.76. The summed E-state index contributed by atoms with van der Waals surface area (Å²) in [5.74, 6) is -2.97. The molecular formula is C11H18N2O7. The summed E-state index contributed by atoms with van der Waals surface area (Å²) in [6.07, 6.45) is -4.10. The molecule has 2 saturated heterocycles. The van der Waals surface area contributed by atoms with Crippen LogP contribution in [0.5, 0.6) is 0 Å². The molecule has 6 N–H and O–H groups in total. The summed E-state index contributed by atoms with van der Waals surface area (Å²) in [6.45, 7) is -0.327. The van der Waals surface area contributed by atoms with Crippen LogP contribution < -0.4 is 11.1 Å². The lowest BCUT2D eigenvalue weighted by molar-refractivity contribution is -0.330. The zero-order valence-electron chi connectivity index (χ0n) is 10.7. The molecule has 0 aromatic rings. The van der Waals surface area contributed by atoms with Crippen molar-refractivity contribution in [2.75, 3.05) is 13.2 Å². The molecule has 0 radical (unpaired) electrons. The first kappa shape index (κ1) is 15.1. The van der Waals surface area contributed by atoms with Gasteiger partial charge in [0.1, 0.15) is 24.4 Å². The predicted octanol–water partition coefficient (Wildman–Crippen LogP) is -3.42. The summed E-state index contributed by atoms with van der Waals surface area (Å²) in [7, 11) is 0. The van der Waals surface area contributed by atoms with Crippen LogP contribution in [0.2, 0.25) is 0 Å². The van der Waals surface area contributed by atoms with Crippen molar-refractivity contribution in [3.8, 4) is 0 Å². The van der Waals surface area contributed by atoms with Crippen LogP contribution in [-0.4, -0.2) is 70.5 Å². The topological polar surface area (TPSA) is 151 Å². The fraction of sp³-hybridized carbons (Fsp3) is 0.818. The summed E-state index contributed by atoms with van der Waals surface area (Å²) in [5, 5.41) is 31.7. The van der Waals surface area contributed by atoms with Gasteiger partial charge in [-0.15, -0.1) is 0 Å². The van der Waals surface area contributed by atoms with Crippen LogP contribution in [0.4, 0.5) is 0 Å². The highest BCUT2D eigenvalue weighted by Crippen LogP contribution is 2.30. The van der Waals surface area contributed by atoms with Crippen LogP contribution in [0.1, 0.15) is 12.8 Å². The van der Waals surface area contributed by atoms with E-state index >= 15 is 0 Å². The van der Waals surface area contributed by atoms with Gasteiger partial charge in [0.25, 0.3) is 5.79 Å². The molecule has 0 unspecified atom stereocenters. The number of ether oxygens (including phenoxy) is 2. The Morgan fingerprint density at radius 2 is 2.15 bits per heavy atom. The molecule has 1 spiro atoms. The molecule has 2 heterocycles.